The van der Waals surface area contributed by atoms with Crippen molar-refractivity contribution in [3.8, 4) is 22.6 Å². The molecule has 15 heteroatoms. The van der Waals surface area contributed by atoms with E-state index in [9.17, 15) is 31.9 Å². The van der Waals surface area contributed by atoms with Crippen LogP contribution in [0, 0.1) is 31.3 Å². The van der Waals surface area contributed by atoms with E-state index in [2.05, 4.69) is 5.32 Å². The fourth-order valence-corrected chi connectivity index (χ4v) is 6.78. The minimum absolute atomic E-state index is 0.00231. The number of aryl methyl sites for hydroxylation is 2. The van der Waals surface area contributed by atoms with Gasteiger partial charge in [-0.25, -0.2) is 17.6 Å². The molecule has 1 N–H and O–H groups in total. The van der Waals surface area contributed by atoms with Gasteiger partial charge in [0.25, 0.3) is 5.56 Å². The summed E-state index contributed by atoms with van der Waals surface area (Å²) in [5.41, 5.74) is -3.94. The van der Waals surface area contributed by atoms with Crippen molar-refractivity contribution >= 4 is 11.9 Å². The van der Waals surface area contributed by atoms with Crippen LogP contribution in [0.2, 0.25) is 0 Å². The van der Waals surface area contributed by atoms with Crippen molar-refractivity contribution < 1.29 is 49.8 Å². The van der Waals surface area contributed by atoms with E-state index in [1.807, 2.05) is 0 Å². The maximum Gasteiger partial charge on any atom is 0.416 e. The fourth-order valence-electron chi connectivity index (χ4n) is 6.78. The van der Waals surface area contributed by atoms with E-state index in [4.69, 9.17) is 9.47 Å². The maximum atomic E-state index is 16.8. The van der Waals surface area contributed by atoms with E-state index in [0.29, 0.717) is 10.1 Å². The van der Waals surface area contributed by atoms with Crippen molar-refractivity contribution in [2.45, 2.75) is 58.0 Å². The molecule has 2 aliphatic rings. The van der Waals surface area contributed by atoms with E-state index >= 15 is 13.2 Å². The molecular weight excluding hydrogens is 711 g/mol. The van der Waals surface area contributed by atoms with Gasteiger partial charge < -0.3 is 14.8 Å². The lowest BCUT2D eigenvalue weighted by atomic mass is 9.91. The molecular formula is C38H34F7N3O5. The van der Waals surface area contributed by atoms with Gasteiger partial charge in [0.05, 0.1) is 24.6 Å². The van der Waals surface area contributed by atoms with Crippen LogP contribution in [-0.4, -0.2) is 53.8 Å². The van der Waals surface area contributed by atoms with Gasteiger partial charge in [0.1, 0.15) is 41.2 Å². The van der Waals surface area contributed by atoms with Gasteiger partial charge in [-0.2, -0.15) is 13.2 Å². The molecule has 0 saturated carbocycles. The highest BCUT2D eigenvalue weighted by Gasteiger charge is 2.38. The number of nitrogens with zero attached hydrogens (tertiary/aromatic N) is 2. The van der Waals surface area contributed by atoms with Crippen LogP contribution in [0.15, 0.2) is 59.5 Å². The van der Waals surface area contributed by atoms with E-state index in [-0.39, 0.29) is 66.9 Å². The summed E-state index contributed by atoms with van der Waals surface area (Å²) in [7, 11) is 0. The van der Waals surface area contributed by atoms with Gasteiger partial charge in [0.2, 0.25) is 5.91 Å². The molecule has 1 saturated heterocycles. The molecule has 1 amide bonds. The second-order valence-corrected chi connectivity index (χ2v) is 13.1. The lowest BCUT2D eigenvalue weighted by molar-refractivity contribution is -0.144. The predicted octanol–water partition coefficient (Wildman–Crippen LogP) is 7.27. The number of carbonyl (C=O) groups excluding carboxylic acids is 2. The number of alkyl halides is 4. The van der Waals surface area contributed by atoms with Gasteiger partial charge in [-0.05, 0) is 74.2 Å². The van der Waals surface area contributed by atoms with Crippen molar-refractivity contribution in [1.29, 1.82) is 0 Å². The van der Waals surface area contributed by atoms with E-state index in [1.54, 1.807) is 24.0 Å². The standard InChI is InChI=1S/C38H34F7N3O5/c1-4-52-31(50)15-28-33-34(41)20(3)12-25(35(33)42)32-19(2)6-5-7-29(32)53-23-8-9-27(40)24(13-23)36(37(51)46-28)48-16-21(10-11-47-17-22(39)18-47)26(14-30(48)49)38(43,44)45/h5-9,12-14,16,22,28,36H,4,10-11,15,17-18H2,1-3H3,(H,46,51)/t28-,36-/m0/s1. The molecule has 0 unspecified atom stereocenters. The summed E-state index contributed by atoms with van der Waals surface area (Å²) in [6.07, 6.45) is -6.51. The van der Waals surface area contributed by atoms with Gasteiger partial charge >= 0.3 is 12.1 Å². The van der Waals surface area contributed by atoms with E-state index in [0.717, 1.165) is 18.3 Å². The Balaban J connectivity index is 1.60. The Bertz CT molecular complexity index is 2150. The first-order valence-electron chi connectivity index (χ1n) is 16.8. The molecule has 0 aliphatic carbocycles. The summed E-state index contributed by atoms with van der Waals surface area (Å²) in [4.78, 5) is 42.5. The molecule has 3 heterocycles. The summed E-state index contributed by atoms with van der Waals surface area (Å²) < 4.78 is 117. The minimum atomic E-state index is -5.01. The topological polar surface area (TPSA) is 89.9 Å². The summed E-state index contributed by atoms with van der Waals surface area (Å²) in [5, 5.41) is 2.39. The molecule has 2 atom stereocenters. The number of hydrogen-bond acceptors (Lipinski definition) is 6. The molecule has 6 rings (SSSR count). The Morgan fingerprint density at radius 2 is 1.74 bits per heavy atom. The van der Waals surface area contributed by atoms with Crippen LogP contribution in [0.25, 0.3) is 11.1 Å². The van der Waals surface area contributed by atoms with Crippen molar-refractivity contribution in [3.63, 3.8) is 0 Å². The Morgan fingerprint density at radius 1 is 1.00 bits per heavy atom. The quantitative estimate of drug-likeness (QED) is 0.158. The SMILES string of the molecule is CCOC(=O)C[C@@H]1NC(=O)[C@@H](n2cc(CCN3CC(F)C3)c(C(F)(F)F)cc2=O)c2cc(ccc2F)Oc2cccc(C)c2-c2cc(C)c(F)c1c2F. The highest BCUT2D eigenvalue weighted by atomic mass is 19.4. The van der Waals surface area contributed by atoms with Crippen LogP contribution in [0.3, 0.4) is 0 Å². The first-order chi connectivity index (χ1) is 25.1. The number of benzene rings is 3. The van der Waals surface area contributed by atoms with E-state index < -0.39 is 88.0 Å². The number of carbonyl (C=O) groups is 2. The second kappa shape index (κ2) is 14.7. The highest BCUT2D eigenvalue weighted by Crippen LogP contribution is 2.42. The van der Waals surface area contributed by atoms with Crippen LogP contribution in [0.5, 0.6) is 11.5 Å². The molecule has 4 aromatic rings. The van der Waals surface area contributed by atoms with Crippen molar-refractivity contribution in [2.24, 2.45) is 0 Å². The molecule has 280 valence electrons. The number of rotatable bonds is 7. The average Bonchev–Trinajstić information content (AvgIpc) is 3.06. The fraction of sp³-hybridized carbons (Fsp3) is 0.342. The number of aromatic nitrogens is 1. The smallest absolute Gasteiger partial charge is 0.416 e. The largest absolute Gasteiger partial charge is 0.466 e. The van der Waals surface area contributed by atoms with E-state index in [1.165, 1.54) is 32.0 Å². The van der Waals surface area contributed by atoms with Gasteiger partial charge in [0, 0.05) is 54.2 Å². The lowest BCUT2D eigenvalue weighted by Crippen LogP contribution is -2.49. The zero-order valence-electron chi connectivity index (χ0n) is 28.8. The molecule has 2 aliphatic heterocycles. The number of hydrogen-bond donors (Lipinski definition) is 1. The summed E-state index contributed by atoms with van der Waals surface area (Å²) >= 11 is 0. The first kappa shape index (κ1) is 37.6. The molecule has 1 fully saturated rings. The zero-order valence-corrected chi connectivity index (χ0v) is 28.8. The normalized spacial score (nSPS) is 17.7. The van der Waals surface area contributed by atoms with Crippen molar-refractivity contribution in [2.75, 3.05) is 26.2 Å². The summed E-state index contributed by atoms with van der Waals surface area (Å²) in [5.74, 6) is -5.66. The minimum Gasteiger partial charge on any atom is -0.466 e. The number of ether oxygens (including phenoxy) is 2. The third-order valence-electron chi connectivity index (χ3n) is 9.36. The number of nitrogens with one attached hydrogen (secondary N) is 1. The van der Waals surface area contributed by atoms with Crippen LogP contribution in [0.1, 0.15) is 58.8 Å². The average molecular weight is 746 g/mol. The highest BCUT2D eigenvalue weighted by molar-refractivity contribution is 5.85. The Kier molecular flexibility index (Phi) is 10.4. The number of pyridine rings is 1. The monoisotopic (exact) mass is 745 g/mol. The predicted molar refractivity (Wildman–Crippen MR) is 179 cm³/mol. The van der Waals surface area contributed by atoms with Crippen molar-refractivity contribution in [3.05, 3.63) is 116 Å². The van der Waals surface area contributed by atoms with Crippen LogP contribution >= 0.6 is 0 Å². The second-order valence-electron chi connectivity index (χ2n) is 13.1. The van der Waals surface area contributed by atoms with Gasteiger partial charge in [-0.15, -0.1) is 0 Å². The first-order valence-corrected chi connectivity index (χ1v) is 16.8. The number of halogens is 7. The Hall–Kier alpha value is -5.18. The number of fused-ring (bicyclic) bond motifs is 6. The number of amides is 1. The lowest BCUT2D eigenvalue weighted by Gasteiger charge is -2.34. The van der Waals surface area contributed by atoms with Crippen LogP contribution < -0.4 is 15.6 Å². The molecule has 4 bridgehead atoms. The molecule has 53 heavy (non-hydrogen) atoms. The molecule has 3 aromatic carbocycles. The number of esters is 1. The summed E-state index contributed by atoms with van der Waals surface area (Å²) in [6.45, 7) is 4.34. The van der Waals surface area contributed by atoms with Crippen LogP contribution in [-0.2, 0) is 26.9 Å². The maximum absolute atomic E-state index is 16.8. The third kappa shape index (κ3) is 7.52. The third-order valence-corrected chi connectivity index (χ3v) is 9.36. The summed E-state index contributed by atoms with van der Waals surface area (Å²) in [6, 6.07) is 5.54. The Labute approximate surface area is 299 Å². The zero-order chi connectivity index (χ0) is 38.4. The van der Waals surface area contributed by atoms with Crippen LogP contribution in [0.4, 0.5) is 30.7 Å². The molecule has 8 nitrogen and oxygen atoms in total. The van der Waals surface area contributed by atoms with Gasteiger partial charge in [0.15, 0.2) is 0 Å². The Morgan fingerprint density at radius 3 is 2.42 bits per heavy atom. The molecule has 0 spiro atoms. The van der Waals surface area contributed by atoms with Gasteiger partial charge in [-0.1, -0.05) is 12.1 Å². The molecule has 1 aromatic heterocycles. The van der Waals surface area contributed by atoms with Crippen molar-refractivity contribution in [1.82, 2.24) is 14.8 Å². The molecule has 0 radical (unpaired) electrons. The number of likely N-dealkylation sites (tertiary alicyclic amines) is 1. The van der Waals surface area contributed by atoms with Gasteiger partial charge in [-0.3, -0.25) is 23.9 Å².